The van der Waals surface area contributed by atoms with Crippen LogP contribution >= 0.6 is 12.2 Å². The Kier molecular flexibility index (Phi) is 6.15. The topological polar surface area (TPSA) is 59.6 Å². The highest BCUT2D eigenvalue weighted by Crippen LogP contribution is 2.12. The molecule has 22 heavy (non-hydrogen) atoms. The zero-order chi connectivity index (χ0) is 15.9. The molecule has 0 aliphatic carbocycles. The van der Waals surface area contributed by atoms with E-state index in [0.717, 1.165) is 25.1 Å². The Morgan fingerprint density at radius 1 is 1.41 bits per heavy atom. The van der Waals surface area contributed by atoms with E-state index in [-0.39, 0.29) is 18.2 Å². The lowest BCUT2D eigenvalue weighted by Gasteiger charge is -2.14. The van der Waals surface area contributed by atoms with E-state index in [1.54, 1.807) is 24.3 Å². The molecular formula is C16H22N2O3S. The van der Waals surface area contributed by atoms with Gasteiger partial charge in [0, 0.05) is 18.8 Å². The Morgan fingerprint density at radius 2 is 2.14 bits per heavy atom. The quantitative estimate of drug-likeness (QED) is 0.642. The lowest BCUT2D eigenvalue weighted by molar-refractivity contribution is 0.0378. The number of nitrogens with one attached hydrogen (secondary N) is 2. The molecule has 5 nitrogen and oxygen atoms in total. The fourth-order valence-corrected chi connectivity index (χ4v) is 2.36. The summed E-state index contributed by atoms with van der Waals surface area (Å²) in [4.78, 5) is 11.7. The van der Waals surface area contributed by atoms with Gasteiger partial charge in [-0.05, 0) is 63.2 Å². The number of benzene rings is 1. The zero-order valence-corrected chi connectivity index (χ0v) is 13.7. The lowest BCUT2D eigenvalue weighted by Crippen LogP contribution is -2.34. The van der Waals surface area contributed by atoms with Crippen LogP contribution in [-0.4, -0.2) is 36.4 Å². The van der Waals surface area contributed by atoms with Gasteiger partial charge >= 0.3 is 5.97 Å². The highest BCUT2D eigenvalue weighted by atomic mass is 32.1. The summed E-state index contributed by atoms with van der Waals surface area (Å²) in [5.74, 6) is -0.319. The van der Waals surface area contributed by atoms with Gasteiger partial charge in [0.25, 0.3) is 0 Å². The number of carbonyl (C=O) groups is 1. The maximum atomic E-state index is 11.7. The Labute approximate surface area is 136 Å². The van der Waals surface area contributed by atoms with Gasteiger partial charge in [0.2, 0.25) is 0 Å². The van der Waals surface area contributed by atoms with E-state index in [0.29, 0.717) is 17.2 Å². The third-order valence-corrected chi connectivity index (χ3v) is 3.48. The minimum Gasteiger partial charge on any atom is -0.459 e. The molecule has 0 aromatic heterocycles. The molecule has 2 rings (SSSR count). The van der Waals surface area contributed by atoms with Crippen LogP contribution in [0.3, 0.4) is 0 Å². The molecule has 1 aromatic rings. The molecule has 0 saturated carbocycles. The lowest BCUT2D eigenvalue weighted by atomic mass is 10.2. The molecule has 1 aromatic carbocycles. The van der Waals surface area contributed by atoms with Crippen molar-refractivity contribution in [1.29, 1.82) is 0 Å². The summed E-state index contributed by atoms with van der Waals surface area (Å²) in [6, 6.07) is 7.04. The molecule has 1 fully saturated rings. The zero-order valence-electron chi connectivity index (χ0n) is 12.9. The van der Waals surface area contributed by atoms with Crippen molar-refractivity contribution in [2.45, 2.75) is 38.9 Å². The molecule has 1 atom stereocenters. The first kappa shape index (κ1) is 16.7. The van der Waals surface area contributed by atoms with Crippen LogP contribution < -0.4 is 10.6 Å². The maximum Gasteiger partial charge on any atom is 0.338 e. The molecule has 0 bridgehead atoms. The van der Waals surface area contributed by atoms with Crippen LogP contribution in [0, 0.1) is 0 Å². The summed E-state index contributed by atoms with van der Waals surface area (Å²) in [5, 5.41) is 6.77. The molecule has 120 valence electrons. The number of hydrogen-bond acceptors (Lipinski definition) is 4. The predicted molar refractivity (Wildman–Crippen MR) is 90.2 cm³/mol. The van der Waals surface area contributed by atoms with E-state index >= 15 is 0 Å². The van der Waals surface area contributed by atoms with Crippen molar-refractivity contribution in [2.24, 2.45) is 0 Å². The van der Waals surface area contributed by atoms with Gasteiger partial charge in [0.1, 0.15) is 0 Å². The van der Waals surface area contributed by atoms with Crippen LogP contribution in [0.5, 0.6) is 0 Å². The van der Waals surface area contributed by atoms with E-state index in [4.69, 9.17) is 21.7 Å². The van der Waals surface area contributed by atoms with E-state index in [1.165, 1.54) is 0 Å². The summed E-state index contributed by atoms with van der Waals surface area (Å²) in [6.07, 6.45) is 2.30. The molecule has 0 spiro atoms. The molecule has 1 heterocycles. The van der Waals surface area contributed by atoms with Gasteiger partial charge < -0.3 is 20.1 Å². The van der Waals surface area contributed by atoms with Crippen LogP contribution in [0.1, 0.15) is 37.0 Å². The molecule has 2 N–H and O–H groups in total. The van der Waals surface area contributed by atoms with E-state index in [1.807, 2.05) is 13.8 Å². The van der Waals surface area contributed by atoms with Crippen molar-refractivity contribution < 1.29 is 14.3 Å². The highest BCUT2D eigenvalue weighted by molar-refractivity contribution is 7.80. The second-order valence-electron chi connectivity index (χ2n) is 5.50. The van der Waals surface area contributed by atoms with Crippen LogP contribution in [0.25, 0.3) is 0 Å². The van der Waals surface area contributed by atoms with Crippen molar-refractivity contribution in [2.75, 3.05) is 18.5 Å². The first-order valence-electron chi connectivity index (χ1n) is 7.52. The SMILES string of the molecule is CC(C)OC(=O)c1ccc(NC(=S)NC[C@H]2CCCO2)cc1. The summed E-state index contributed by atoms with van der Waals surface area (Å²) in [7, 11) is 0. The molecule has 0 radical (unpaired) electrons. The predicted octanol–water partition coefficient (Wildman–Crippen LogP) is 2.72. The Morgan fingerprint density at radius 3 is 2.73 bits per heavy atom. The molecular weight excluding hydrogens is 300 g/mol. The first-order valence-corrected chi connectivity index (χ1v) is 7.93. The number of carbonyl (C=O) groups excluding carboxylic acids is 1. The second-order valence-corrected chi connectivity index (χ2v) is 5.91. The molecule has 0 amide bonds. The summed E-state index contributed by atoms with van der Waals surface area (Å²) in [5.41, 5.74) is 1.35. The number of ether oxygens (including phenoxy) is 2. The summed E-state index contributed by atoms with van der Waals surface area (Å²) in [6.45, 7) is 5.20. The van der Waals surface area contributed by atoms with Crippen LogP contribution in [0.15, 0.2) is 24.3 Å². The fourth-order valence-electron chi connectivity index (χ4n) is 2.16. The van der Waals surface area contributed by atoms with E-state index in [9.17, 15) is 4.79 Å². The Balaban J connectivity index is 1.80. The van der Waals surface area contributed by atoms with Gasteiger partial charge in [0.05, 0.1) is 17.8 Å². The maximum absolute atomic E-state index is 11.7. The van der Waals surface area contributed by atoms with Gasteiger partial charge in [-0.15, -0.1) is 0 Å². The van der Waals surface area contributed by atoms with Gasteiger partial charge in [-0.2, -0.15) is 0 Å². The van der Waals surface area contributed by atoms with E-state index < -0.39 is 0 Å². The Bertz CT molecular complexity index is 511. The van der Waals surface area contributed by atoms with Gasteiger partial charge in [-0.3, -0.25) is 0 Å². The molecule has 1 saturated heterocycles. The third kappa shape index (κ3) is 5.27. The first-order chi connectivity index (χ1) is 10.5. The number of anilines is 1. The molecule has 0 unspecified atom stereocenters. The monoisotopic (exact) mass is 322 g/mol. The van der Waals surface area contributed by atoms with Crippen molar-refractivity contribution in [3.8, 4) is 0 Å². The largest absolute Gasteiger partial charge is 0.459 e. The summed E-state index contributed by atoms with van der Waals surface area (Å²) < 4.78 is 10.7. The minimum atomic E-state index is -0.319. The average molecular weight is 322 g/mol. The average Bonchev–Trinajstić information content (AvgIpc) is 2.98. The molecule has 1 aliphatic heterocycles. The fraction of sp³-hybridized carbons (Fsp3) is 0.500. The normalized spacial score (nSPS) is 17.3. The molecule has 1 aliphatic rings. The standard InChI is InChI=1S/C16H22N2O3S/c1-11(2)21-15(19)12-5-7-13(8-6-12)18-16(22)17-10-14-4-3-9-20-14/h5-8,11,14H,3-4,9-10H2,1-2H3,(H2,17,18,22)/t14-/m1/s1. The number of hydrogen-bond donors (Lipinski definition) is 2. The Hall–Kier alpha value is -1.66. The van der Waals surface area contributed by atoms with E-state index in [2.05, 4.69) is 10.6 Å². The van der Waals surface area contributed by atoms with Crippen molar-refractivity contribution in [3.63, 3.8) is 0 Å². The second kappa shape index (κ2) is 8.10. The van der Waals surface area contributed by atoms with Crippen LogP contribution in [-0.2, 0) is 9.47 Å². The number of thiocarbonyl (C=S) groups is 1. The minimum absolute atomic E-state index is 0.125. The summed E-state index contributed by atoms with van der Waals surface area (Å²) >= 11 is 5.24. The van der Waals surface area contributed by atoms with Gasteiger partial charge in [0.15, 0.2) is 5.11 Å². The third-order valence-electron chi connectivity index (χ3n) is 3.24. The number of rotatable bonds is 5. The smallest absolute Gasteiger partial charge is 0.338 e. The highest BCUT2D eigenvalue weighted by Gasteiger charge is 2.15. The van der Waals surface area contributed by atoms with Crippen molar-refractivity contribution >= 4 is 29.0 Å². The van der Waals surface area contributed by atoms with Crippen molar-refractivity contribution in [1.82, 2.24) is 5.32 Å². The van der Waals surface area contributed by atoms with Gasteiger partial charge in [-0.1, -0.05) is 0 Å². The van der Waals surface area contributed by atoms with Crippen LogP contribution in [0.2, 0.25) is 0 Å². The van der Waals surface area contributed by atoms with Gasteiger partial charge in [-0.25, -0.2) is 4.79 Å². The number of esters is 1. The molecule has 6 heteroatoms. The van der Waals surface area contributed by atoms with Crippen LogP contribution in [0.4, 0.5) is 5.69 Å². The van der Waals surface area contributed by atoms with Crippen molar-refractivity contribution in [3.05, 3.63) is 29.8 Å².